The summed E-state index contributed by atoms with van der Waals surface area (Å²) in [5, 5.41) is 22.5. The maximum atomic E-state index is 13.4. The van der Waals surface area contributed by atoms with E-state index < -0.39 is 11.4 Å². The highest BCUT2D eigenvalue weighted by Crippen LogP contribution is 2.30. The molecule has 1 aliphatic carbocycles. The van der Waals surface area contributed by atoms with Crippen molar-refractivity contribution < 1.29 is 14.3 Å². The summed E-state index contributed by atoms with van der Waals surface area (Å²) in [6, 6.07) is 11.2. The molecule has 0 spiro atoms. The van der Waals surface area contributed by atoms with Crippen LogP contribution < -0.4 is 15.8 Å². The van der Waals surface area contributed by atoms with Crippen molar-refractivity contribution in [1.82, 2.24) is 29.9 Å². The van der Waals surface area contributed by atoms with Crippen LogP contribution in [0.4, 0.5) is 0 Å². The molecule has 0 bridgehead atoms. The van der Waals surface area contributed by atoms with Crippen LogP contribution >= 0.6 is 0 Å². The van der Waals surface area contributed by atoms with Crippen molar-refractivity contribution in [2.45, 2.75) is 57.2 Å². The third-order valence-corrected chi connectivity index (χ3v) is 7.06. The zero-order valence-electron chi connectivity index (χ0n) is 22.1. The molecular weight excluding hydrogens is 496 g/mol. The van der Waals surface area contributed by atoms with Crippen LogP contribution in [0, 0.1) is 11.3 Å². The lowest BCUT2D eigenvalue weighted by Crippen LogP contribution is -2.40. The Morgan fingerprint density at radius 1 is 1.18 bits per heavy atom. The normalized spacial score (nSPS) is 17.5. The highest BCUT2D eigenvalue weighted by Gasteiger charge is 2.30. The van der Waals surface area contributed by atoms with Gasteiger partial charge in [-0.05, 0) is 69.4 Å². The summed E-state index contributed by atoms with van der Waals surface area (Å²) in [5.41, 5.74) is 7.55. The number of benzene rings is 1. The van der Waals surface area contributed by atoms with Gasteiger partial charge in [0.05, 0.1) is 17.8 Å². The van der Waals surface area contributed by atoms with Gasteiger partial charge in [-0.3, -0.25) is 14.3 Å². The molecule has 3 aromatic heterocycles. The van der Waals surface area contributed by atoms with Gasteiger partial charge >= 0.3 is 0 Å². The van der Waals surface area contributed by atoms with E-state index in [4.69, 9.17) is 10.5 Å². The Morgan fingerprint density at radius 3 is 2.62 bits per heavy atom. The minimum atomic E-state index is -0.963. The zero-order chi connectivity index (χ0) is 27.7. The minimum absolute atomic E-state index is 0.0597. The Kier molecular flexibility index (Phi) is 6.78. The van der Waals surface area contributed by atoms with Crippen molar-refractivity contribution in [1.29, 1.82) is 5.26 Å². The molecular formula is C28H30N8O3. The molecule has 0 saturated heterocycles. The van der Waals surface area contributed by atoms with E-state index in [0.29, 0.717) is 36.6 Å². The van der Waals surface area contributed by atoms with E-state index in [-0.39, 0.29) is 35.2 Å². The lowest BCUT2D eigenvalue weighted by Gasteiger charge is -2.29. The maximum Gasteiger partial charge on any atom is 0.272 e. The van der Waals surface area contributed by atoms with E-state index in [0.717, 1.165) is 11.1 Å². The van der Waals surface area contributed by atoms with Gasteiger partial charge < -0.3 is 15.8 Å². The highest BCUT2D eigenvalue weighted by molar-refractivity contribution is 6.05. The van der Waals surface area contributed by atoms with Crippen LogP contribution in [0.15, 0.2) is 48.9 Å². The lowest BCUT2D eigenvalue weighted by atomic mass is 9.92. The topological polar surface area (TPSA) is 154 Å². The van der Waals surface area contributed by atoms with E-state index in [1.807, 2.05) is 31.4 Å². The van der Waals surface area contributed by atoms with Crippen LogP contribution in [0.3, 0.4) is 0 Å². The van der Waals surface area contributed by atoms with E-state index >= 15 is 0 Å². The number of nitrogens with two attached hydrogens (primary N) is 1. The summed E-state index contributed by atoms with van der Waals surface area (Å²) < 4.78 is 9.31. The van der Waals surface area contributed by atoms with E-state index in [1.165, 1.54) is 0 Å². The third-order valence-electron chi connectivity index (χ3n) is 7.06. The Morgan fingerprint density at radius 2 is 1.95 bits per heavy atom. The average Bonchev–Trinajstić information content (AvgIpc) is 3.54. The Balaban J connectivity index is 1.33. The summed E-state index contributed by atoms with van der Waals surface area (Å²) in [5.74, 6) is -0.634. The summed E-state index contributed by atoms with van der Waals surface area (Å²) in [6.45, 7) is 3.54. The molecule has 200 valence electrons. The molecule has 1 aliphatic rings. The van der Waals surface area contributed by atoms with E-state index in [9.17, 15) is 14.9 Å². The van der Waals surface area contributed by atoms with Crippen molar-refractivity contribution in [2.24, 2.45) is 12.8 Å². The molecule has 3 heterocycles. The van der Waals surface area contributed by atoms with Gasteiger partial charge in [-0.15, -0.1) is 0 Å². The number of carbonyl (C=O) groups excluding carboxylic acids is 2. The molecule has 11 heteroatoms. The predicted molar refractivity (Wildman–Crippen MR) is 144 cm³/mol. The van der Waals surface area contributed by atoms with Crippen LogP contribution in [-0.4, -0.2) is 48.5 Å². The molecule has 39 heavy (non-hydrogen) atoms. The first-order chi connectivity index (χ1) is 18.7. The molecule has 0 radical (unpaired) electrons. The summed E-state index contributed by atoms with van der Waals surface area (Å²) in [4.78, 5) is 29.2. The average molecular weight is 527 g/mol. The number of nitrogens with zero attached hydrogens (tertiary/aromatic N) is 6. The van der Waals surface area contributed by atoms with Gasteiger partial charge in [0.25, 0.3) is 11.8 Å². The minimum Gasteiger partial charge on any atom is -0.474 e. The molecule has 2 amide bonds. The number of primary amides is 1. The zero-order valence-corrected chi connectivity index (χ0v) is 22.1. The maximum absolute atomic E-state index is 13.4. The number of pyridine rings is 1. The van der Waals surface area contributed by atoms with Crippen molar-refractivity contribution in [3.63, 3.8) is 0 Å². The summed E-state index contributed by atoms with van der Waals surface area (Å²) in [7, 11) is 1.85. The molecule has 1 aromatic carbocycles. The SMILES string of the molecule is Cn1cc(-c2ccc3c(C(=O)N[C@H]4CC[C@H](Oc5ncccc5C(N)=O)CC4)nn(C(C)(C)C#N)c3c2)cn1. The number of nitrogens with one attached hydrogen (secondary N) is 1. The lowest BCUT2D eigenvalue weighted by molar-refractivity contribution is 0.0877. The number of aromatic nitrogens is 5. The fraction of sp³-hybridized carbons (Fsp3) is 0.357. The number of aryl methyl sites for hydroxylation is 1. The van der Waals surface area contributed by atoms with Crippen LogP contribution in [-0.2, 0) is 12.6 Å². The molecule has 0 unspecified atom stereocenters. The second-order valence-corrected chi connectivity index (χ2v) is 10.4. The number of ether oxygens (including phenoxy) is 1. The molecule has 3 N–H and O–H groups in total. The number of amides is 2. The van der Waals surface area contributed by atoms with E-state index in [1.54, 1.807) is 47.7 Å². The molecule has 1 fully saturated rings. The van der Waals surface area contributed by atoms with Gasteiger partial charge in [-0.25, -0.2) is 9.67 Å². The quantitative estimate of drug-likeness (QED) is 0.374. The van der Waals surface area contributed by atoms with E-state index in [2.05, 4.69) is 26.6 Å². The Bertz CT molecular complexity index is 1590. The number of hydrogen-bond donors (Lipinski definition) is 2. The van der Waals surface area contributed by atoms with Crippen molar-refractivity contribution in [3.8, 4) is 23.1 Å². The molecule has 5 rings (SSSR count). The standard InChI is InChI=1S/C28H30N8O3/c1-28(2,16-29)36-23-13-17(18-14-32-35(3)15-18)6-11-21(23)24(34-36)26(38)33-19-7-9-20(10-8-19)39-27-22(25(30)37)5-4-12-31-27/h4-6,11-15,19-20H,7-10H2,1-3H3,(H2,30,37)(H,33,38)/t19-,20-. The van der Waals surface area contributed by atoms with Crippen molar-refractivity contribution in [3.05, 3.63) is 60.2 Å². The van der Waals surface area contributed by atoms with Crippen LogP contribution in [0.25, 0.3) is 22.0 Å². The van der Waals surface area contributed by atoms with Gasteiger partial charge in [-0.2, -0.15) is 15.5 Å². The number of carbonyl (C=O) groups is 2. The van der Waals surface area contributed by atoms with Crippen LogP contribution in [0.2, 0.25) is 0 Å². The number of hydrogen-bond acceptors (Lipinski definition) is 7. The molecule has 1 saturated carbocycles. The largest absolute Gasteiger partial charge is 0.474 e. The third kappa shape index (κ3) is 5.18. The monoisotopic (exact) mass is 526 g/mol. The van der Waals surface area contributed by atoms with Crippen LogP contribution in [0.1, 0.15) is 60.4 Å². The second kappa shape index (κ2) is 10.2. The van der Waals surface area contributed by atoms with Gasteiger partial charge in [0, 0.05) is 36.4 Å². The first-order valence-electron chi connectivity index (χ1n) is 12.8. The molecule has 11 nitrogen and oxygen atoms in total. The second-order valence-electron chi connectivity index (χ2n) is 10.4. The van der Waals surface area contributed by atoms with Gasteiger partial charge in [0.1, 0.15) is 17.2 Å². The molecule has 0 aliphatic heterocycles. The number of fused-ring (bicyclic) bond motifs is 1. The number of nitriles is 1. The van der Waals surface area contributed by atoms with Crippen molar-refractivity contribution >= 4 is 22.7 Å². The Hall–Kier alpha value is -4.72. The highest BCUT2D eigenvalue weighted by atomic mass is 16.5. The number of rotatable bonds is 7. The summed E-state index contributed by atoms with van der Waals surface area (Å²) in [6.07, 6.45) is 7.88. The van der Waals surface area contributed by atoms with Gasteiger partial charge in [0.15, 0.2) is 5.69 Å². The summed E-state index contributed by atoms with van der Waals surface area (Å²) >= 11 is 0. The van der Waals surface area contributed by atoms with Crippen molar-refractivity contribution in [2.75, 3.05) is 0 Å². The van der Waals surface area contributed by atoms with Crippen LogP contribution in [0.5, 0.6) is 5.88 Å². The first-order valence-corrected chi connectivity index (χ1v) is 12.8. The van der Waals surface area contributed by atoms with Gasteiger partial charge in [0.2, 0.25) is 5.88 Å². The fourth-order valence-corrected chi connectivity index (χ4v) is 4.91. The fourth-order valence-electron chi connectivity index (χ4n) is 4.91. The van der Waals surface area contributed by atoms with Gasteiger partial charge in [-0.1, -0.05) is 6.07 Å². The smallest absolute Gasteiger partial charge is 0.272 e. The molecule has 4 aromatic rings. The first kappa shape index (κ1) is 25.9. The Labute approximate surface area is 225 Å². The predicted octanol–water partition coefficient (Wildman–Crippen LogP) is 3.31. The molecule has 0 atom stereocenters.